The molecule has 9 heavy (non-hydrogen) atoms. The summed E-state index contributed by atoms with van der Waals surface area (Å²) in [6.07, 6.45) is 5.70. The SMILES string of the molecule is C1CC2CCC(CO1)C2. The Morgan fingerprint density at radius 2 is 1.89 bits per heavy atom. The van der Waals surface area contributed by atoms with E-state index < -0.39 is 0 Å². The predicted molar refractivity (Wildman–Crippen MR) is 36.3 cm³/mol. The number of fused-ring (bicyclic) bond motifs is 2. The van der Waals surface area contributed by atoms with Crippen molar-refractivity contribution < 1.29 is 4.74 Å². The van der Waals surface area contributed by atoms with Crippen LogP contribution in [0, 0.1) is 11.8 Å². The lowest BCUT2D eigenvalue weighted by Gasteiger charge is -2.07. The van der Waals surface area contributed by atoms with Gasteiger partial charge in [0, 0.05) is 13.2 Å². The quantitative estimate of drug-likeness (QED) is 0.481. The van der Waals surface area contributed by atoms with Gasteiger partial charge in [0.15, 0.2) is 0 Å². The fourth-order valence-electron chi connectivity index (χ4n) is 2.09. The van der Waals surface area contributed by atoms with Crippen LogP contribution in [0.4, 0.5) is 0 Å². The number of ether oxygens (including phenoxy) is 1. The summed E-state index contributed by atoms with van der Waals surface area (Å²) in [6, 6.07) is 0. The standard InChI is InChI=1S/C8H14O/c1-2-8-5-7(1)3-4-9-6-8/h7-8H,1-6H2. The van der Waals surface area contributed by atoms with E-state index in [1.54, 1.807) is 0 Å². The Bertz CT molecular complexity index is 88.7. The van der Waals surface area contributed by atoms with E-state index in [9.17, 15) is 0 Å². The van der Waals surface area contributed by atoms with Gasteiger partial charge >= 0.3 is 0 Å². The molecular weight excluding hydrogens is 112 g/mol. The predicted octanol–water partition coefficient (Wildman–Crippen LogP) is 1.82. The van der Waals surface area contributed by atoms with Gasteiger partial charge in [0.25, 0.3) is 0 Å². The maximum absolute atomic E-state index is 5.43. The Morgan fingerprint density at radius 3 is 2.89 bits per heavy atom. The van der Waals surface area contributed by atoms with Gasteiger partial charge in [0.2, 0.25) is 0 Å². The first-order chi connectivity index (χ1) is 4.45. The smallest absolute Gasteiger partial charge is 0.0494 e. The van der Waals surface area contributed by atoms with E-state index in [2.05, 4.69) is 0 Å². The summed E-state index contributed by atoms with van der Waals surface area (Å²) in [4.78, 5) is 0. The highest BCUT2D eigenvalue weighted by Crippen LogP contribution is 2.35. The summed E-state index contributed by atoms with van der Waals surface area (Å²) in [5.74, 6) is 1.95. The second-order valence-corrected chi connectivity index (χ2v) is 3.41. The normalized spacial score (nSPS) is 42.7. The molecule has 2 bridgehead atoms. The van der Waals surface area contributed by atoms with E-state index in [0.717, 1.165) is 25.0 Å². The third-order valence-corrected chi connectivity index (χ3v) is 2.67. The van der Waals surface area contributed by atoms with Crippen LogP contribution in [-0.2, 0) is 4.74 Å². The zero-order valence-corrected chi connectivity index (χ0v) is 5.81. The van der Waals surface area contributed by atoms with Gasteiger partial charge in [-0.1, -0.05) is 6.42 Å². The molecule has 52 valence electrons. The van der Waals surface area contributed by atoms with Gasteiger partial charge in [-0.2, -0.15) is 0 Å². The highest BCUT2D eigenvalue weighted by molar-refractivity contribution is 4.77. The topological polar surface area (TPSA) is 9.23 Å². The van der Waals surface area contributed by atoms with Gasteiger partial charge in [0.05, 0.1) is 0 Å². The molecule has 2 unspecified atom stereocenters. The lowest BCUT2D eigenvalue weighted by Crippen LogP contribution is -2.04. The molecule has 1 heteroatoms. The molecule has 0 aromatic rings. The first-order valence-electron chi connectivity index (χ1n) is 4.03. The van der Waals surface area contributed by atoms with E-state index in [-0.39, 0.29) is 0 Å². The van der Waals surface area contributed by atoms with Crippen LogP contribution in [0.1, 0.15) is 25.7 Å². The van der Waals surface area contributed by atoms with E-state index in [0.29, 0.717) is 0 Å². The second-order valence-electron chi connectivity index (χ2n) is 3.41. The van der Waals surface area contributed by atoms with E-state index >= 15 is 0 Å². The minimum atomic E-state index is 0.928. The van der Waals surface area contributed by atoms with E-state index in [4.69, 9.17) is 4.74 Å². The molecule has 1 nitrogen and oxygen atoms in total. The van der Waals surface area contributed by atoms with Crippen molar-refractivity contribution in [2.45, 2.75) is 25.7 Å². The van der Waals surface area contributed by atoms with E-state index in [1.165, 1.54) is 25.7 Å². The zero-order chi connectivity index (χ0) is 6.10. The molecule has 0 radical (unpaired) electrons. The molecule has 2 aliphatic rings. The van der Waals surface area contributed by atoms with Crippen molar-refractivity contribution in [1.82, 2.24) is 0 Å². The average Bonchev–Trinajstić information content (AvgIpc) is 2.09. The van der Waals surface area contributed by atoms with Crippen molar-refractivity contribution in [2.75, 3.05) is 13.2 Å². The van der Waals surface area contributed by atoms with Gasteiger partial charge in [-0.15, -0.1) is 0 Å². The Labute approximate surface area is 56.4 Å². The van der Waals surface area contributed by atoms with Crippen molar-refractivity contribution in [3.05, 3.63) is 0 Å². The van der Waals surface area contributed by atoms with Crippen LogP contribution in [0.3, 0.4) is 0 Å². The summed E-state index contributed by atoms with van der Waals surface area (Å²) >= 11 is 0. The summed E-state index contributed by atoms with van der Waals surface area (Å²) in [5, 5.41) is 0. The molecule has 0 amide bonds. The van der Waals surface area contributed by atoms with Crippen molar-refractivity contribution in [1.29, 1.82) is 0 Å². The number of rotatable bonds is 0. The largest absolute Gasteiger partial charge is 0.381 e. The summed E-state index contributed by atoms with van der Waals surface area (Å²) in [6.45, 7) is 2.08. The molecule has 1 saturated heterocycles. The first kappa shape index (κ1) is 5.72. The minimum absolute atomic E-state index is 0.928. The van der Waals surface area contributed by atoms with Crippen LogP contribution in [0.2, 0.25) is 0 Å². The lowest BCUT2D eigenvalue weighted by molar-refractivity contribution is 0.106. The van der Waals surface area contributed by atoms with Gasteiger partial charge in [0.1, 0.15) is 0 Å². The van der Waals surface area contributed by atoms with Crippen molar-refractivity contribution in [3.8, 4) is 0 Å². The van der Waals surface area contributed by atoms with Crippen molar-refractivity contribution in [2.24, 2.45) is 11.8 Å². The van der Waals surface area contributed by atoms with Crippen LogP contribution in [0.15, 0.2) is 0 Å². The first-order valence-corrected chi connectivity index (χ1v) is 4.03. The van der Waals surface area contributed by atoms with Crippen molar-refractivity contribution >= 4 is 0 Å². The third kappa shape index (κ3) is 1.11. The van der Waals surface area contributed by atoms with Gasteiger partial charge in [-0.05, 0) is 31.1 Å². The molecular formula is C8H14O. The van der Waals surface area contributed by atoms with Gasteiger partial charge in [-0.3, -0.25) is 0 Å². The average molecular weight is 126 g/mol. The van der Waals surface area contributed by atoms with Gasteiger partial charge in [-0.25, -0.2) is 0 Å². The molecule has 0 aromatic carbocycles. The summed E-state index contributed by atoms with van der Waals surface area (Å²) < 4.78 is 5.43. The number of hydrogen-bond acceptors (Lipinski definition) is 1. The van der Waals surface area contributed by atoms with Crippen LogP contribution in [-0.4, -0.2) is 13.2 Å². The molecule has 1 saturated carbocycles. The summed E-state index contributed by atoms with van der Waals surface area (Å²) in [5.41, 5.74) is 0. The molecule has 2 fully saturated rings. The highest BCUT2D eigenvalue weighted by Gasteiger charge is 2.26. The Kier molecular flexibility index (Phi) is 1.46. The Balaban J connectivity index is 1.99. The zero-order valence-electron chi connectivity index (χ0n) is 5.81. The monoisotopic (exact) mass is 126 g/mol. The Morgan fingerprint density at radius 1 is 1.00 bits per heavy atom. The molecule has 0 N–H and O–H groups in total. The van der Waals surface area contributed by atoms with Crippen molar-refractivity contribution in [3.63, 3.8) is 0 Å². The summed E-state index contributed by atoms with van der Waals surface area (Å²) in [7, 11) is 0. The molecule has 1 heterocycles. The van der Waals surface area contributed by atoms with Crippen LogP contribution in [0.25, 0.3) is 0 Å². The minimum Gasteiger partial charge on any atom is -0.381 e. The second kappa shape index (κ2) is 2.30. The highest BCUT2D eigenvalue weighted by atomic mass is 16.5. The van der Waals surface area contributed by atoms with Crippen LogP contribution >= 0.6 is 0 Å². The molecule has 1 aliphatic carbocycles. The fourth-order valence-corrected chi connectivity index (χ4v) is 2.09. The van der Waals surface area contributed by atoms with Gasteiger partial charge < -0.3 is 4.74 Å². The van der Waals surface area contributed by atoms with Crippen LogP contribution < -0.4 is 0 Å². The van der Waals surface area contributed by atoms with Crippen LogP contribution in [0.5, 0.6) is 0 Å². The molecule has 2 rings (SSSR count). The lowest BCUT2D eigenvalue weighted by atomic mass is 10.0. The van der Waals surface area contributed by atoms with E-state index in [1.807, 2.05) is 0 Å². The molecule has 0 aromatic heterocycles. The number of hydrogen-bond donors (Lipinski definition) is 0. The maximum atomic E-state index is 5.43. The molecule has 1 aliphatic heterocycles. The third-order valence-electron chi connectivity index (χ3n) is 2.67. The molecule has 0 spiro atoms. The maximum Gasteiger partial charge on any atom is 0.0494 e. The fraction of sp³-hybridized carbons (Fsp3) is 1.00. The molecule has 2 atom stereocenters. The Hall–Kier alpha value is -0.0400.